The first-order valence-electron chi connectivity index (χ1n) is 6.79. The van der Waals surface area contributed by atoms with Gasteiger partial charge in [0, 0.05) is 11.0 Å². The zero-order chi connectivity index (χ0) is 16.9. The number of rotatable bonds is 4. The predicted octanol–water partition coefficient (Wildman–Crippen LogP) is 3.12. The average molecular weight is 375 g/mol. The summed E-state index contributed by atoms with van der Waals surface area (Å²) in [6.45, 7) is 6.90. The molecule has 0 saturated carbocycles. The lowest BCUT2D eigenvalue weighted by Crippen LogP contribution is -2.46. The molecule has 1 atom stereocenters. The zero-order valence-corrected chi connectivity index (χ0v) is 14.6. The topological polar surface area (TPSA) is 67.4 Å². The van der Waals surface area contributed by atoms with Gasteiger partial charge in [-0.3, -0.25) is 4.79 Å². The van der Waals surface area contributed by atoms with Crippen LogP contribution in [0.25, 0.3) is 0 Å². The summed E-state index contributed by atoms with van der Waals surface area (Å²) in [6, 6.07) is 3.46. The fourth-order valence-electron chi connectivity index (χ4n) is 1.56. The van der Waals surface area contributed by atoms with Crippen molar-refractivity contribution in [3.05, 3.63) is 34.1 Å². The molecule has 0 heterocycles. The Kier molecular flexibility index (Phi) is 6.34. The van der Waals surface area contributed by atoms with Crippen molar-refractivity contribution in [3.8, 4) is 0 Å². The molecule has 5 nitrogen and oxygen atoms in total. The number of nitrogens with one attached hydrogen (secondary N) is 2. The van der Waals surface area contributed by atoms with Crippen LogP contribution in [0.15, 0.2) is 22.7 Å². The summed E-state index contributed by atoms with van der Waals surface area (Å²) in [6.07, 6.45) is -0.665. The summed E-state index contributed by atoms with van der Waals surface area (Å²) in [5.74, 6) is -0.769. The first kappa shape index (κ1) is 18.4. The van der Waals surface area contributed by atoms with Crippen LogP contribution in [0.1, 0.15) is 33.3 Å². The Morgan fingerprint density at radius 1 is 1.36 bits per heavy atom. The minimum Gasteiger partial charge on any atom is -0.444 e. The SMILES string of the molecule is C[C@@H](NC(=O)OC(C)(C)C)C(=O)NCc1cc(F)ccc1Br. The van der Waals surface area contributed by atoms with Crippen LogP contribution in [0.2, 0.25) is 0 Å². The van der Waals surface area contributed by atoms with Crippen molar-refractivity contribution in [1.82, 2.24) is 10.6 Å². The number of ether oxygens (including phenoxy) is 1. The van der Waals surface area contributed by atoms with E-state index in [4.69, 9.17) is 4.74 Å². The van der Waals surface area contributed by atoms with Crippen molar-refractivity contribution in [1.29, 1.82) is 0 Å². The average Bonchev–Trinajstić information content (AvgIpc) is 2.37. The molecule has 0 spiro atoms. The normalized spacial score (nSPS) is 12.5. The molecule has 0 unspecified atom stereocenters. The summed E-state index contributed by atoms with van der Waals surface area (Å²) in [5.41, 5.74) is -0.0231. The van der Waals surface area contributed by atoms with Crippen molar-refractivity contribution in [2.24, 2.45) is 0 Å². The van der Waals surface area contributed by atoms with Gasteiger partial charge in [-0.05, 0) is 51.5 Å². The van der Waals surface area contributed by atoms with E-state index in [-0.39, 0.29) is 18.3 Å². The van der Waals surface area contributed by atoms with E-state index in [9.17, 15) is 14.0 Å². The second kappa shape index (κ2) is 7.58. The Balaban J connectivity index is 2.51. The molecule has 7 heteroatoms. The standard InChI is InChI=1S/C15H20BrFN2O3/c1-9(19-14(21)22-15(2,3)4)13(20)18-8-10-7-11(17)5-6-12(10)16/h5-7,9H,8H2,1-4H3,(H,18,20)(H,19,21)/t9-/m1/s1. The maximum atomic E-state index is 13.2. The minimum atomic E-state index is -0.762. The van der Waals surface area contributed by atoms with Gasteiger partial charge in [0.05, 0.1) is 0 Å². The van der Waals surface area contributed by atoms with Gasteiger partial charge in [0.2, 0.25) is 5.91 Å². The van der Waals surface area contributed by atoms with Gasteiger partial charge in [-0.25, -0.2) is 9.18 Å². The first-order chi connectivity index (χ1) is 10.1. The molecule has 0 aliphatic heterocycles. The number of alkyl carbamates (subject to hydrolysis) is 1. The van der Waals surface area contributed by atoms with E-state index >= 15 is 0 Å². The minimum absolute atomic E-state index is 0.150. The third-order valence-electron chi connectivity index (χ3n) is 2.59. The molecule has 2 N–H and O–H groups in total. The number of amides is 2. The Morgan fingerprint density at radius 3 is 2.59 bits per heavy atom. The van der Waals surface area contributed by atoms with Crippen molar-refractivity contribution in [2.45, 2.75) is 45.9 Å². The van der Waals surface area contributed by atoms with Gasteiger partial charge in [-0.1, -0.05) is 15.9 Å². The molecule has 122 valence electrons. The predicted molar refractivity (Wildman–Crippen MR) is 84.8 cm³/mol. The van der Waals surface area contributed by atoms with E-state index in [1.807, 2.05) is 0 Å². The fraction of sp³-hybridized carbons (Fsp3) is 0.467. The van der Waals surface area contributed by atoms with Gasteiger partial charge in [-0.15, -0.1) is 0 Å². The number of carbonyl (C=O) groups is 2. The smallest absolute Gasteiger partial charge is 0.408 e. The Morgan fingerprint density at radius 2 is 2.00 bits per heavy atom. The van der Waals surface area contributed by atoms with Crippen LogP contribution in [0.4, 0.5) is 9.18 Å². The molecule has 1 aromatic carbocycles. The van der Waals surface area contributed by atoms with Crippen LogP contribution in [0.5, 0.6) is 0 Å². The first-order valence-corrected chi connectivity index (χ1v) is 7.59. The summed E-state index contributed by atoms with van der Waals surface area (Å²) in [7, 11) is 0. The van der Waals surface area contributed by atoms with Crippen LogP contribution in [-0.4, -0.2) is 23.6 Å². The lowest BCUT2D eigenvalue weighted by molar-refractivity contribution is -0.122. The van der Waals surface area contributed by atoms with Crippen LogP contribution >= 0.6 is 15.9 Å². The van der Waals surface area contributed by atoms with E-state index in [1.165, 1.54) is 12.1 Å². The number of benzene rings is 1. The molecule has 0 bridgehead atoms. The monoisotopic (exact) mass is 374 g/mol. The molecule has 0 aromatic heterocycles. The summed E-state index contributed by atoms with van der Waals surface area (Å²) in [4.78, 5) is 23.5. The van der Waals surface area contributed by atoms with Gasteiger partial charge >= 0.3 is 6.09 Å². The molecular weight excluding hydrogens is 355 g/mol. The third-order valence-corrected chi connectivity index (χ3v) is 3.36. The zero-order valence-electron chi connectivity index (χ0n) is 13.0. The van der Waals surface area contributed by atoms with E-state index in [1.54, 1.807) is 33.8 Å². The summed E-state index contributed by atoms with van der Waals surface area (Å²) < 4.78 is 18.9. The number of hydrogen-bond acceptors (Lipinski definition) is 3. The van der Waals surface area contributed by atoms with Gasteiger partial charge in [0.15, 0.2) is 0 Å². The molecule has 0 saturated heterocycles. The Bertz CT molecular complexity index is 558. The second-order valence-electron chi connectivity index (χ2n) is 5.82. The van der Waals surface area contributed by atoms with E-state index in [0.29, 0.717) is 10.0 Å². The van der Waals surface area contributed by atoms with Gasteiger partial charge in [0.25, 0.3) is 0 Å². The van der Waals surface area contributed by atoms with Crippen molar-refractivity contribution >= 4 is 27.9 Å². The molecule has 1 aromatic rings. The molecule has 1 rings (SSSR count). The van der Waals surface area contributed by atoms with Crippen molar-refractivity contribution in [3.63, 3.8) is 0 Å². The highest BCUT2D eigenvalue weighted by molar-refractivity contribution is 9.10. The van der Waals surface area contributed by atoms with Crippen LogP contribution in [0.3, 0.4) is 0 Å². The fourth-order valence-corrected chi connectivity index (χ4v) is 1.95. The number of carbonyl (C=O) groups excluding carboxylic acids is 2. The maximum absolute atomic E-state index is 13.2. The van der Waals surface area contributed by atoms with Crippen LogP contribution in [-0.2, 0) is 16.1 Å². The molecule has 0 aliphatic carbocycles. The van der Waals surface area contributed by atoms with Gasteiger partial charge in [-0.2, -0.15) is 0 Å². The van der Waals surface area contributed by atoms with Crippen LogP contribution < -0.4 is 10.6 Å². The maximum Gasteiger partial charge on any atom is 0.408 e. The third kappa shape index (κ3) is 6.43. The number of halogens is 2. The lowest BCUT2D eigenvalue weighted by Gasteiger charge is -2.21. The second-order valence-corrected chi connectivity index (χ2v) is 6.68. The Labute approximate surface area is 137 Å². The highest BCUT2D eigenvalue weighted by Gasteiger charge is 2.20. The molecule has 0 radical (unpaired) electrons. The molecule has 0 aliphatic rings. The summed E-state index contributed by atoms with van der Waals surface area (Å²) in [5, 5.41) is 5.07. The van der Waals surface area contributed by atoms with E-state index < -0.39 is 17.7 Å². The van der Waals surface area contributed by atoms with E-state index in [2.05, 4.69) is 26.6 Å². The quantitative estimate of drug-likeness (QED) is 0.850. The molecular formula is C15H20BrFN2O3. The number of hydrogen-bond donors (Lipinski definition) is 2. The van der Waals surface area contributed by atoms with Crippen molar-refractivity contribution in [2.75, 3.05) is 0 Å². The van der Waals surface area contributed by atoms with E-state index in [0.717, 1.165) is 0 Å². The largest absolute Gasteiger partial charge is 0.444 e. The van der Waals surface area contributed by atoms with Gasteiger partial charge < -0.3 is 15.4 Å². The molecule has 2 amide bonds. The highest BCUT2D eigenvalue weighted by Crippen LogP contribution is 2.17. The van der Waals surface area contributed by atoms with Gasteiger partial charge in [0.1, 0.15) is 17.5 Å². The molecule has 0 fully saturated rings. The van der Waals surface area contributed by atoms with Crippen LogP contribution in [0, 0.1) is 5.82 Å². The Hall–Kier alpha value is -1.63. The highest BCUT2D eigenvalue weighted by atomic mass is 79.9. The van der Waals surface area contributed by atoms with Crippen molar-refractivity contribution < 1.29 is 18.7 Å². The lowest BCUT2D eigenvalue weighted by atomic mass is 10.2. The molecule has 22 heavy (non-hydrogen) atoms. The summed E-state index contributed by atoms with van der Waals surface area (Å²) >= 11 is 3.28.